The van der Waals surface area contributed by atoms with Gasteiger partial charge in [-0.25, -0.2) is 0 Å². The average Bonchev–Trinajstić information content (AvgIpc) is 2.28. The first-order chi connectivity index (χ1) is 8.06. The fraction of sp³-hybridized carbons (Fsp3) is 0.364. The second-order valence-corrected chi connectivity index (χ2v) is 3.89. The van der Waals surface area contributed by atoms with E-state index in [-0.39, 0.29) is 18.1 Å². The van der Waals surface area contributed by atoms with Gasteiger partial charge in [-0.05, 0) is 0 Å². The van der Waals surface area contributed by atoms with Gasteiger partial charge < -0.3 is 4.90 Å². The number of benzene rings is 1. The minimum absolute atomic E-state index is 0.0216. The molecular formula is C11H13ClN2O3. The predicted molar refractivity (Wildman–Crippen MR) is 64.9 cm³/mol. The first kappa shape index (κ1) is 13.4. The molecule has 0 N–H and O–H groups in total. The highest BCUT2D eigenvalue weighted by Gasteiger charge is 2.16. The van der Waals surface area contributed by atoms with Crippen LogP contribution in [0.25, 0.3) is 0 Å². The Kier molecular flexibility index (Phi) is 4.90. The summed E-state index contributed by atoms with van der Waals surface area (Å²) < 4.78 is 0. The molecule has 1 amide bonds. The summed E-state index contributed by atoms with van der Waals surface area (Å²) in [7, 11) is 0. The van der Waals surface area contributed by atoms with E-state index in [1.807, 2.05) is 0 Å². The molecule has 1 aromatic carbocycles. The highest BCUT2D eigenvalue weighted by atomic mass is 35.5. The monoisotopic (exact) mass is 256 g/mol. The summed E-state index contributed by atoms with van der Waals surface area (Å²) in [5.41, 5.74) is 0.533. The molecule has 0 aliphatic carbocycles. The number of carbonyl (C=O) groups is 1. The number of hydrogen-bond donors (Lipinski definition) is 0. The molecule has 0 heterocycles. The standard InChI is InChI=1S/C11H13ClN2O3/c1-9(15)13(7-6-12)8-10-4-2-3-5-11(10)14(16)17/h2-5H,6-8H2,1H3. The lowest BCUT2D eigenvalue weighted by Crippen LogP contribution is -2.30. The molecule has 92 valence electrons. The number of halogens is 1. The van der Waals surface area contributed by atoms with Crippen molar-refractivity contribution in [3.63, 3.8) is 0 Å². The number of nitrogens with zero attached hydrogens (tertiary/aromatic N) is 2. The normalized spacial score (nSPS) is 10.0. The summed E-state index contributed by atoms with van der Waals surface area (Å²) in [6.45, 7) is 2.00. The van der Waals surface area contributed by atoms with Crippen molar-refractivity contribution in [1.29, 1.82) is 0 Å². The molecule has 1 rings (SSSR count). The molecule has 0 bridgehead atoms. The van der Waals surface area contributed by atoms with E-state index in [0.29, 0.717) is 18.0 Å². The minimum Gasteiger partial charge on any atom is -0.337 e. The lowest BCUT2D eigenvalue weighted by molar-refractivity contribution is -0.385. The van der Waals surface area contributed by atoms with Gasteiger partial charge in [-0.2, -0.15) is 0 Å². The maximum absolute atomic E-state index is 11.3. The van der Waals surface area contributed by atoms with Gasteiger partial charge in [-0.3, -0.25) is 14.9 Å². The van der Waals surface area contributed by atoms with Crippen molar-refractivity contribution in [2.45, 2.75) is 13.5 Å². The van der Waals surface area contributed by atoms with Crippen LogP contribution in [-0.2, 0) is 11.3 Å². The van der Waals surface area contributed by atoms with Crippen LogP contribution in [0.5, 0.6) is 0 Å². The Morgan fingerprint density at radius 1 is 1.47 bits per heavy atom. The molecule has 0 fully saturated rings. The smallest absolute Gasteiger partial charge is 0.274 e. The summed E-state index contributed by atoms with van der Waals surface area (Å²) in [5.74, 6) is 0.157. The molecule has 0 saturated heterocycles. The third-order valence-electron chi connectivity index (χ3n) is 2.35. The van der Waals surface area contributed by atoms with E-state index in [1.165, 1.54) is 17.9 Å². The minimum atomic E-state index is -0.450. The maximum atomic E-state index is 11.3. The largest absolute Gasteiger partial charge is 0.337 e. The Morgan fingerprint density at radius 2 is 2.12 bits per heavy atom. The molecule has 0 spiro atoms. The number of carbonyl (C=O) groups excluding carboxylic acids is 1. The third kappa shape index (κ3) is 3.71. The fourth-order valence-corrected chi connectivity index (χ4v) is 1.68. The van der Waals surface area contributed by atoms with Crippen molar-refractivity contribution in [3.05, 3.63) is 39.9 Å². The molecular weight excluding hydrogens is 244 g/mol. The van der Waals surface area contributed by atoms with Crippen LogP contribution in [0.15, 0.2) is 24.3 Å². The zero-order valence-electron chi connectivity index (χ0n) is 9.43. The molecule has 0 saturated carbocycles. The van der Waals surface area contributed by atoms with Crippen molar-refractivity contribution in [3.8, 4) is 0 Å². The van der Waals surface area contributed by atoms with Crippen LogP contribution in [0, 0.1) is 10.1 Å². The Hall–Kier alpha value is -1.62. The van der Waals surface area contributed by atoms with Crippen molar-refractivity contribution in [2.75, 3.05) is 12.4 Å². The van der Waals surface area contributed by atoms with E-state index in [4.69, 9.17) is 11.6 Å². The zero-order valence-corrected chi connectivity index (χ0v) is 10.2. The maximum Gasteiger partial charge on any atom is 0.274 e. The van der Waals surface area contributed by atoms with Gasteiger partial charge in [0.05, 0.1) is 11.5 Å². The van der Waals surface area contributed by atoms with Crippen LogP contribution in [0.4, 0.5) is 5.69 Å². The van der Waals surface area contributed by atoms with E-state index in [9.17, 15) is 14.9 Å². The van der Waals surface area contributed by atoms with E-state index in [1.54, 1.807) is 18.2 Å². The Balaban J connectivity index is 2.92. The van der Waals surface area contributed by atoms with E-state index in [0.717, 1.165) is 0 Å². The second kappa shape index (κ2) is 6.20. The molecule has 0 aliphatic rings. The Labute approximate surface area is 104 Å². The quantitative estimate of drug-likeness (QED) is 0.461. The summed E-state index contributed by atoms with van der Waals surface area (Å²) in [4.78, 5) is 23.2. The molecule has 17 heavy (non-hydrogen) atoms. The molecule has 0 radical (unpaired) electrons. The highest BCUT2D eigenvalue weighted by molar-refractivity contribution is 6.18. The van der Waals surface area contributed by atoms with Crippen molar-refractivity contribution in [1.82, 2.24) is 4.90 Å². The molecule has 1 aromatic rings. The molecule has 5 nitrogen and oxygen atoms in total. The van der Waals surface area contributed by atoms with Crippen molar-refractivity contribution in [2.24, 2.45) is 0 Å². The van der Waals surface area contributed by atoms with Crippen LogP contribution in [0.3, 0.4) is 0 Å². The van der Waals surface area contributed by atoms with Gasteiger partial charge in [0, 0.05) is 31.0 Å². The van der Waals surface area contributed by atoms with E-state index in [2.05, 4.69) is 0 Å². The molecule has 6 heteroatoms. The number of para-hydroxylation sites is 1. The van der Waals surface area contributed by atoms with Gasteiger partial charge in [0.15, 0.2) is 0 Å². The highest BCUT2D eigenvalue weighted by Crippen LogP contribution is 2.19. The van der Waals surface area contributed by atoms with Crippen LogP contribution in [-0.4, -0.2) is 28.2 Å². The van der Waals surface area contributed by atoms with Crippen LogP contribution >= 0.6 is 11.6 Å². The molecule has 0 aromatic heterocycles. The second-order valence-electron chi connectivity index (χ2n) is 3.52. The lowest BCUT2D eigenvalue weighted by Gasteiger charge is -2.19. The van der Waals surface area contributed by atoms with Crippen LogP contribution in [0.2, 0.25) is 0 Å². The molecule has 0 unspecified atom stereocenters. The van der Waals surface area contributed by atoms with Gasteiger partial charge >= 0.3 is 0 Å². The number of nitro benzene ring substituents is 1. The van der Waals surface area contributed by atoms with Crippen LogP contribution < -0.4 is 0 Å². The number of alkyl halides is 1. The fourth-order valence-electron chi connectivity index (χ4n) is 1.48. The van der Waals surface area contributed by atoms with E-state index >= 15 is 0 Å². The first-order valence-electron chi connectivity index (χ1n) is 5.10. The lowest BCUT2D eigenvalue weighted by atomic mass is 10.1. The topological polar surface area (TPSA) is 63.5 Å². The first-order valence-corrected chi connectivity index (χ1v) is 5.63. The van der Waals surface area contributed by atoms with Crippen molar-refractivity contribution < 1.29 is 9.72 Å². The van der Waals surface area contributed by atoms with Gasteiger partial charge in [-0.15, -0.1) is 11.6 Å². The number of nitro groups is 1. The summed E-state index contributed by atoms with van der Waals surface area (Å²) >= 11 is 5.58. The average molecular weight is 257 g/mol. The number of hydrogen-bond acceptors (Lipinski definition) is 3. The van der Waals surface area contributed by atoms with E-state index < -0.39 is 4.92 Å². The summed E-state index contributed by atoms with van der Waals surface area (Å²) in [5, 5.41) is 10.8. The molecule has 0 aliphatic heterocycles. The number of rotatable bonds is 5. The zero-order chi connectivity index (χ0) is 12.8. The summed E-state index contributed by atoms with van der Waals surface area (Å²) in [6, 6.07) is 6.37. The summed E-state index contributed by atoms with van der Waals surface area (Å²) in [6.07, 6.45) is 0. The Bertz CT molecular complexity index is 423. The Morgan fingerprint density at radius 3 is 2.65 bits per heavy atom. The van der Waals surface area contributed by atoms with Gasteiger partial charge in [0.25, 0.3) is 5.69 Å². The molecule has 0 atom stereocenters. The predicted octanol–water partition coefficient (Wildman–Crippen LogP) is 2.18. The number of amides is 1. The van der Waals surface area contributed by atoms with Gasteiger partial charge in [0.2, 0.25) is 5.91 Å². The van der Waals surface area contributed by atoms with Gasteiger partial charge in [0.1, 0.15) is 0 Å². The van der Waals surface area contributed by atoms with Gasteiger partial charge in [-0.1, -0.05) is 18.2 Å². The van der Waals surface area contributed by atoms with Crippen molar-refractivity contribution >= 4 is 23.2 Å². The SMILES string of the molecule is CC(=O)N(CCCl)Cc1ccccc1[N+](=O)[O-]. The van der Waals surface area contributed by atoms with Crippen LogP contribution in [0.1, 0.15) is 12.5 Å². The third-order valence-corrected chi connectivity index (χ3v) is 2.52.